The number of thiophene rings is 1. The third-order valence-corrected chi connectivity index (χ3v) is 2.77. The minimum atomic E-state index is 0.677. The van der Waals surface area contributed by atoms with E-state index < -0.39 is 0 Å². The zero-order valence-corrected chi connectivity index (χ0v) is 8.67. The number of ether oxygens (including phenoxy) is 1. The van der Waals surface area contributed by atoms with E-state index in [2.05, 4.69) is 16.8 Å². The first-order valence-electron chi connectivity index (χ1n) is 4.27. The third kappa shape index (κ3) is 1.59. The number of anilines is 1. The fourth-order valence-electron chi connectivity index (χ4n) is 1.34. The van der Waals surface area contributed by atoms with Crippen molar-refractivity contribution in [1.29, 1.82) is 0 Å². The number of nitrogen functional groups attached to an aromatic ring is 1. The van der Waals surface area contributed by atoms with Gasteiger partial charge in [0.2, 0.25) is 0 Å². The molecule has 0 spiro atoms. The molecular weight excluding hydrogens is 194 g/mol. The Morgan fingerprint density at radius 2 is 2.07 bits per heavy atom. The molecule has 0 aliphatic rings. The van der Waals surface area contributed by atoms with Gasteiger partial charge in [0, 0.05) is 0 Å². The Labute approximate surface area is 86.9 Å². The summed E-state index contributed by atoms with van der Waals surface area (Å²) < 4.78 is 5.09. The van der Waals surface area contributed by atoms with Crippen LogP contribution in [-0.4, -0.2) is 7.11 Å². The van der Waals surface area contributed by atoms with Gasteiger partial charge in [-0.15, -0.1) is 0 Å². The highest BCUT2D eigenvalue weighted by Gasteiger charge is 2.02. The molecule has 0 atom stereocenters. The molecule has 3 heteroatoms. The summed E-state index contributed by atoms with van der Waals surface area (Å²) in [5.74, 6) is 0.726. The number of benzene rings is 1. The van der Waals surface area contributed by atoms with Gasteiger partial charge >= 0.3 is 0 Å². The van der Waals surface area contributed by atoms with Crippen molar-refractivity contribution in [3.8, 4) is 16.9 Å². The molecule has 0 saturated heterocycles. The summed E-state index contributed by atoms with van der Waals surface area (Å²) >= 11 is 1.68. The van der Waals surface area contributed by atoms with E-state index >= 15 is 0 Å². The van der Waals surface area contributed by atoms with Crippen molar-refractivity contribution >= 4 is 17.0 Å². The quantitative estimate of drug-likeness (QED) is 0.765. The molecule has 1 heterocycles. The van der Waals surface area contributed by atoms with E-state index in [1.54, 1.807) is 18.4 Å². The summed E-state index contributed by atoms with van der Waals surface area (Å²) in [4.78, 5) is 0. The molecular formula is C11H11NOS. The van der Waals surface area contributed by atoms with E-state index in [-0.39, 0.29) is 0 Å². The maximum absolute atomic E-state index is 5.82. The van der Waals surface area contributed by atoms with Gasteiger partial charge in [0.05, 0.1) is 12.8 Å². The molecule has 2 rings (SSSR count). The van der Waals surface area contributed by atoms with Crippen molar-refractivity contribution in [3.05, 3.63) is 35.0 Å². The second kappa shape index (κ2) is 3.72. The highest BCUT2D eigenvalue weighted by atomic mass is 32.1. The lowest BCUT2D eigenvalue weighted by molar-refractivity contribution is 0.417. The van der Waals surface area contributed by atoms with Crippen molar-refractivity contribution in [2.45, 2.75) is 0 Å². The first-order chi connectivity index (χ1) is 6.81. The summed E-state index contributed by atoms with van der Waals surface area (Å²) in [5, 5.41) is 4.15. The summed E-state index contributed by atoms with van der Waals surface area (Å²) in [6, 6.07) is 7.91. The lowest BCUT2D eigenvalue weighted by atomic mass is 10.1. The monoisotopic (exact) mass is 205 g/mol. The average molecular weight is 205 g/mol. The Morgan fingerprint density at radius 1 is 1.21 bits per heavy atom. The number of hydrogen-bond acceptors (Lipinski definition) is 3. The van der Waals surface area contributed by atoms with Gasteiger partial charge < -0.3 is 10.5 Å². The van der Waals surface area contributed by atoms with Gasteiger partial charge in [-0.2, -0.15) is 11.3 Å². The number of rotatable bonds is 2. The highest BCUT2D eigenvalue weighted by molar-refractivity contribution is 7.08. The van der Waals surface area contributed by atoms with Crippen molar-refractivity contribution < 1.29 is 4.74 Å². The van der Waals surface area contributed by atoms with Crippen molar-refractivity contribution in [1.82, 2.24) is 0 Å². The molecule has 0 bridgehead atoms. The zero-order chi connectivity index (χ0) is 9.97. The Kier molecular flexibility index (Phi) is 2.41. The van der Waals surface area contributed by atoms with Crippen LogP contribution in [-0.2, 0) is 0 Å². The minimum Gasteiger partial charge on any atom is -0.495 e. The van der Waals surface area contributed by atoms with E-state index in [0.29, 0.717) is 5.69 Å². The first kappa shape index (κ1) is 9.09. The Balaban J connectivity index is 2.43. The Morgan fingerprint density at radius 3 is 2.64 bits per heavy atom. The summed E-state index contributed by atoms with van der Waals surface area (Å²) in [6.45, 7) is 0. The smallest absolute Gasteiger partial charge is 0.141 e. The molecule has 0 fully saturated rings. The van der Waals surface area contributed by atoms with Crippen LogP contribution in [0.15, 0.2) is 35.0 Å². The molecule has 0 radical (unpaired) electrons. The van der Waals surface area contributed by atoms with Gasteiger partial charge in [0.25, 0.3) is 0 Å². The van der Waals surface area contributed by atoms with Crippen LogP contribution < -0.4 is 10.5 Å². The van der Waals surface area contributed by atoms with E-state index in [1.807, 2.05) is 18.2 Å². The molecule has 72 valence electrons. The lowest BCUT2D eigenvalue weighted by Gasteiger charge is -2.05. The van der Waals surface area contributed by atoms with Crippen LogP contribution in [0.2, 0.25) is 0 Å². The standard InChI is InChI=1S/C11H11NOS/c1-13-11-3-2-8(6-10(11)12)9-4-5-14-7-9/h2-7H,12H2,1H3. The van der Waals surface area contributed by atoms with Crippen LogP contribution in [0.5, 0.6) is 5.75 Å². The fourth-order valence-corrected chi connectivity index (χ4v) is 2.01. The highest BCUT2D eigenvalue weighted by Crippen LogP contribution is 2.29. The van der Waals surface area contributed by atoms with E-state index in [4.69, 9.17) is 10.5 Å². The van der Waals surface area contributed by atoms with Crippen LogP contribution in [0.3, 0.4) is 0 Å². The van der Waals surface area contributed by atoms with Gasteiger partial charge in [-0.25, -0.2) is 0 Å². The maximum atomic E-state index is 5.82. The summed E-state index contributed by atoms with van der Waals surface area (Å²) in [7, 11) is 1.62. The van der Waals surface area contributed by atoms with Gasteiger partial charge in [0.15, 0.2) is 0 Å². The summed E-state index contributed by atoms with van der Waals surface area (Å²) in [6.07, 6.45) is 0. The molecule has 2 nitrogen and oxygen atoms in total. The van der Waals surface area contributed by atoms with Crippen LogP contribution in [0.4, 0.5) is 5.69 Å². The normalized spacial score (nSPS) is 10.1. The number of methoxy groups -OCH3 is 1. The lowest BCUT2D eigenvalue weighted by Crippen LogP contribution is -1.91. The Bertz CT molecular complexity index is 423. The molecule has 2 N–H and O–H groups in total. The average Bonchev–Trinajstić information content (AvgIpc) is 2.70. The van der Waals surface area contributed by atoms with Crippen molar-refractivity contribution in [3.63, 3.8) is 0 Å². The first-order valence-corrected chi connectivity index (χ1v) is 5.21. The molecule has 14 heavy (non-hydrogen) atoms. The van der Waals surface area contributed by atoms with E-state index in [0.717, 1.165) is 11.3 Å². The topological polar surface area (TPSA) is 35.2 Å². The van der Waals surface area contributed by atoms with Gasteiger partial charge in [-0.1, -0.05) is 6.07 Å². The molecule has 0 aliphatic heterocycles. The van der Waals surface area contributed by atoms with E-state index in [1.165, 1.54) is 5.56 Å². The largest absolute Gasteiger partial charge is 0.495 e. The van der Waals surface area contributed by atoms with Gasteiger partial charge in [-0.3, -0.25) is 0 Å². The van der Waals surface area contributed by atoms with Crippen LogP contribution in [0, 0.1) is 0 Å². The van der Waals surface area contributed by atoms with Crippen LogP contribution >= 0.6 is 11.3 Å². The molecule has 0 unspecified atom stereocenters. The SMILES string of the molecule is COc1ccc(-c2ccsc2)cc1N. The second-order valence-corrected chi connectivity index (χ2v) is 3.75. The molecule has 0 amide bonds. The molecule has 1 aromatic heterocycles. The maximum Gasteiger partial charge on any atom is 0.141 e. The predicted octanol–water partition coefficient (Wildman–Crippen LogP) is 3.01. The van der Waals surface area contributed by atoms with Gasteiger partial charge in [-0.05, 0) is 40.1 Å². The predicted molar refractivity (Wildman–Crippen MR) is 60.7 cm³/mol. The number of nitrogens with two attached hydrogens (primary N) is 1. The minimum absolute atomic E-state index is 0.677. The molecule has 0 saturated carbocycles. The van der Waals surface area contributed by atoms with Crippen LogP contribution in [0.1, 0.15) is 0 Å². The molecule has 0 aliphatic carbocycles. The van der Waals surface area contributed by atoms with Gasteiger partial charge in [0.1, 0.15) is 5.75 Å². The molecule has 2 aromatic rings. The fraction of sp³-hybridized carbons (Fsp3) is 0.0909. The second-order valence-electron chi connectivity index (χ2n) is 2.97. The van der Waals surface area contributed by atoms with E-state index in [9.17, 15) is 0 Å². The zero-order valence-electron chi connectivity index (χ0n) is 7.86. The van der Waals surface area contributed by atoms with Crippen molar-refractivity contribution in [2.75, 3.05) is 12.8 Å². The van der Waals surface area contributed by atoms with Crippen LogP contribution in [0.25, 0.3) is 11.1 Å². The van der Waals surface area contributed by atoms with Crippen molar-refractivity contribution in [2.24, 2.45) is 0 Å². The number of hydrogen-bond donors (Lipinski definition) is 1. The third-order valence-electron chi connectivity index (χ3n) is 2.08. The molecule has 1 aromatic carbocycles. The summed E-state index contributed by atoms with van der Waals surface area (Å²) in [5.41, 5.74) is 8.82. The Hall–Kier alpha value is -1.48.